The minimum Gasteiger partial charge on any atom is -0.371 e. The van der Waals surface area contributed by atoms with Crippen molar-refractivity contribution in [1.29, 1.82) is 0 Å². The van der Waals surface area contributed by atoms with Gasteiger partial charge in [0.05, 0.1) is 11.4 Å². The number of amides is 2. The number of fused-ring (bicyclic) bond motifs is 2. The third kappa shape index (κ3) is 2.73. The second-order valence-corrected chi connectivity index (χ2v) is 6.98. The average Bonchev–Trinajstić information content (AvgIpc) is 2.67. The Labute approximate surface area is 153 Å². The van der Waals surface area contributed by atoms with E-state index in [1.807, 2.05) is 47.4 Å². The van der Waals surface area contributed by atoms with Gasteiger partial charge in [0.25, 0.3) is 5.91 Å². The molecule has 0 saturated carbocycles. The molecule has 0 N–H and O–H groups in total. The van der Waals surface area contributed by atoms with Gasteiger partial charge in [0.1, 0.15) is 0 Å². The lowest BCUT2D eigenvalue weighted by atomic mass is 9.98. The van der Waals surface area contributed by atoms with E-state index in [9.17, 15) is 9.59 Å². The highest BCUT2D eigenvalue weighted by Gasteiger charge is 2.27. The van der Waals surface area contributed by atoms with Crippen LogP contribution in [0.2, 0.25) is 0 Å². The normalized spacial score (nSPS) is 16.2. The Bertz CT molecular complexity index is 877. The van der Waals surface area contributed by atoms with Gasteiger partial charge in [-0.3, -0.25) is 9.59 Å². The number of hydrogen-bond acceptors (Lipinski definition) is 3. The van der Waals surface area contributed by atoms with Gasteiger partial charge < -0.3 is 14.7 Å². The predicted octanol–water partition coefficient (Wildman–Crippen LogP) is 3.08. The van der Waals surface area contributed by atoms with Crippen LogP contribution < -0.4 is 14.7 Å². The van der Waals surface area contributed by atoms with E-state index >= 15 is 0 Å². The number of aryl methyl sites for hydroxylation is 1. The number of carbonyl (C=O) groups excluding carboxylic acids is 2. The van der Waals surface area contributed by atoms with Crippen LogP contribution in [-0.4, -0.2) is 38.5 Å². The largest absolute Gasteiger partial charge is 0.371 e. The zero-order chi connectivity index (χ0) is 18.3. The zero-order valence-corrected chi connectivity index (χ0v) is 15.2. The smallest absolute Gasteiger partial charge is 0.258 e. The molecule has 4 rings (SSSR count). The number of para-hydroxylation sites is 2. The SMILES string of the molecule is CC(=O)N1CCCc2cc(C(=O)N3CCN(C)c4ccccc43)ccc21. The molecular formula is C21H23N3O2. The molecule has 0 aliphatic carbocycles. The zero-order valence-electron chi connectivity index (χ0n) is 15.2. The Morgan fingerprint density at radius 2 is 1.65 bits per heavy atom. The summed E-state index contributed by atoms with van der Waals surface area (Å²) >= 11 is 0. The van der Waals surface area contributed by atoms with Crippen molar-refractivity contribution < 1.29 is 9.59 Å². The van der Waals surface area contributed by atoms with Crippen molar-refractivity contribution >= 4 is 28.9 Å². The summed E-state index contributed by atoms with van der Waals surface area (Å²) in [4.78, 5) is 30.9. The molecule has 0 unspecified atom stereocenters. The van der Waals surface area contributed by atoms with Crippen LogP contribution in [0.25, 0.3) is 0 Å². The Morgan fingerprint density at radius 1 is 0.885 bits per heavy atom. The van der Waals surface area contributed by atoms with Gasteiger partial charge in [-0.15, -0.1) is 0 Å². The van der Waals surface area contributed by atoms with Crippen LogP contribution in [0.4, 0.5) is 17.1 Å². The van der Waals surface area contributed by atoms with E-state index in [0.29, 0.717) is 12.1 Å². The number of hydrogen-bond donors (Lipinski definition) is 0. The summed E-state index contributed by atoms with van der Waals surface area (Å²) in [6.07, 6.45) is 1.83. The quantitative estimate of drug-likeness (QED) is 0.795. The van der Waals surface area contributed by atoms with Crippen LogP contribution in [0.1, 0.15) is 29.3 Å². The lowest BCUT2D eigenvalue weighted by Gasteiger charge is -2.36. The lowest BCUT2D eigenvalue weighted by molar-refractivity contribution is -0.116. The highest BCUT2D eigenvalue weighted by molar-refractivity contribution is 6.09. The Kier molecular flexibility index (Phi) is 4.15. The maximum Gasteiger partial charge on any atom is 0.258 e. The van der Waals surface area contributed by atoms with E-state index < -0.39 is 0 Å². The van der Waals surface area contributed by atoms with E-state index in [0.717, 1.165) is 48.6 Å². The maximum atomic E-state index is 13.2. The fourth-order valence-electron chi connectivity index (χ4n) is 3.93. The molecule has 134 valence electrons. The highest BCUT2D eigenvalue weighted by Crippen LogP contribution is 2.34. The summed E-state index contributed by atoms with van der Waals surface area (Å²) < 4.78 is 0. The fourth-order valence-corrected chi connectivity index (χ4v) is 3.93. The van der Waals surface area contributed by atoms with E-state index in [4.69, 9.17) is 0 Å². The number of nitrogens with zero attached hydrogens (tertiary/aromatic N) is 3. The molecule has 5 heteroatoms. The Morgan fingerprint density at radius 3 is 2.42 bits per heavy atom. The van der Waals surface area contributed by atoms with Gasteiger partial charge >= 0.3 is 0 Å². The number of carbonyl (C=O) groups is 2. The molecule has 2 aliphatic heterocycles. The molecule has 2 aromatic carbocycles. The van der Waals surface area contributed by atoms with E-state index in [2.05, 4.69) is 11.9 Å². The van der Waals surface area contributed by atoms with Crippen LogP contribution in [0.3, 0.4) is 0 Å². The summed E-state index contributed by atoms with van der Waals surface area (Å²) in [6, 6.07) is 13.8. The molecule has 0 fully saturated rings. The summed E-state index contributed by atoms with van der Waals surface area (Å²) in [5.74, 6) is 0.0753. The molecule has 2 aliphatic rings. The van der Waals surface area contributed by atoms with Crippen LogP contribution in [-0.2, 0) is 11.2 Å². The molecular weight excluding hydrogens is 326 g/mol. The van der Waals surface area contributed by atoms with Crippen molar-refractivity contribution in [2.75, 3.05) is 41.4 Å². The fraction of sp³-hybridized carbons (Fsp3) is 0.333. The van der Waals surface area contributed by atoms with Crippen molar-refractivity contribution in [3.63, 3.8) is 0 Å². The van der Waals surface area contributed by atoms with Gasteiger partial charge in [0.15, 0.2) is 0 Å². The van der Waals surface area contributed by atoms with Gasteiger partial charge in [-0.05, 0) is 48.7 Å². The van der Waals surface area contributed by atoms with Crippen LogP contribution in [0.5, 0.6) is 0 Å². The van der Waals surface area contributed by atoms with Crippen LogP contribution in [0.15, 0.2) is 42.5 Å². The molecule has 2 heterocycles. The van der Waals surface area contributed by atoms with Crippen molar-refractivity contribution in [1.82, 2.24) is 0 Å². The van der Waals surface area contributed by atoms with Gasteiger partial charge in [0.2, 0.25) is 5.91 Å². The molecule has 2 aromatic rings. The molecule has 0 saturated heterocycles. The molecule has 26 heavy (non-hydrogen) atoms. The topological polar surface area (TPSA) is 43.9 Å². The summed E-state index contributed by atoms with van der Waals surface area (Å²) in [5.41, 5.74) is 4.74. The van der Waals surface area contributed by atoms with Gasteiger partial charge in [-0.25, -0.2) is 0 Å². The third-order valence-corrected chi connectivity index (χ3v) is 5.31. The first-order chi connectivity index (χ1) is 12.6. The minimum atomic E-state index is 0.0216. The first-order valence-electron chi connectivity index (χ1n) is 9.09. The third-order valence-electron chi connectivity index (χ3n) is 5.31. The Hall–Kier alpha value is -2.82. The molecule has 0 aromatic heterocycles. The molecule has 0 radical (unpaired) electrons. The lowest BCUT2D eigenvalue weighted by Crippen LogP contribution is -2.42. The van der Waals surface area contributed by atoms with Crippen molar-refractivity contribution in [3.05, 3.63) is 53.6 Å². The number of benzene rings is 2. The van der Waals surface area contributed by atoms with E-state index in [-0.39, 0.29) is 11.8 Å². The van der Waals surface area contributed by atoms with Gasteiger partial charge in [0, 0.05) is 44.9 Å². The molecule has 0 atom stereocenters. The molecule has 5 nitrogen and oxygen atoms in total. The molecule has 0 spiro atoms. The first kappa shape index (κ1) is 16.6. The van der Waals surface area contributed by atoms with Crippen molar-refractivity contribution in [2.24, 2.45) is 0 Å². The van der Waals surface area contributed by atoms with Gasteiger partial charge in [-0.2, -0.15) is 0 Å². The van der Waals surface area contributed by atoms with Crippen LogP contribution >= 0.6 is 0 Å². The maximum absolute atomic E-state index is 13.2. The summed E-state index contributed by atoms with van der Waals surface area (Å²) in [6.45, 7) is 3.82. The number of likely N-dealkylation sites (N-methyl/N-ethyl adjacent to an activating group) is 1. The average molecular weight is 349 g/mol. The minimum absolute atomic E-state index is 0.0216. The van der Waals surface area contributed by atoms with E-state index in [1.54, 1.807) is 11.8 Å². The van der Waals surface area contributed by atoms with Crippen LogP contribution in [0, 0.1) is 0 Å². The monoisotopic (exact) mass is 349 g/mol. The summed E-state index contributed by atoms with van der Waals surface area (Å²) in [5, 5.41) is 0. The molecule has 0 bridgehead atoms. The van der Waals surface area contributed by atoms with Crippen molar-refractivity contribution in [2.45, 2.75) is 19.8 Å². The Balaban J connectivity index is 1.68. The van der Waals surface area contributed by atoms with Gasteiger partial charge in [-0.1, -0.05) is 12.1 Å². The highest BCUT2D eigenvalue weighted by atomic mass is 16.2. The predicted molar refractivity (Wildman–Crippen MR) is 104 cm³/mol. The second-order valence-electron chi connectivity index (χ2n) is 6.98. The standard InChI is InChI=1S/C21H23N3O2/c1-15(25)23-11-5-6-16-14-17(9-10-18(16)23)21(26)24-13-12-22(2)19-7-3-4-8-20(19)24/h3-4,7-10,14H,5-6,11-13H2,1-2H3. The van der Waals surface area contributed by atoms with E-state index in [1.165, 1.54) is 0 Å². The first-order valence-corrected chi connectivity index (χ1v) is 9.09. The number of rotatable bonds is 1. The molecule has 2 amide bonds. The second kappa shape index (κ2) is 6.48. The summed E-state index contributed by atoms with van der Waals surface area (Å²) in [7, 11) is 2.05. The number of anilines is 3. The van der Waals surface area contributed by atoms with Crippen molar-refractivity contribution in [3.8, 4) is 0 Å².